The van der Waals surface area contributed by atoms with Gasteiger partial charge in [0.2, 0.25) is 0 Å². The zero-order chi connectivity index (χ0) is 34.3. The maximum atomic E-state index is 11.0. The summed E-state index contributed by atoms with van der Waals surface area (Å²) >= 11 is 0. The summed E-state index contributed by atoms with van der Waals surface area (Å²) in [6.45, 7) is 6.12. The van der Waals surface area contributed by atoms with Crippen LogP contribution in [0.5, 0.6) is 23.0 Å². The number of hydrogen-bond donors (Lipinski definition) is 0. The molecule has 5 aromatic carbocycles. The zero-order valence-electron chi connectivity index (χ0n) is 26.9. The third-order valence-electron chi connectivity index (χ3n) is 8.05. The highest BCUT2D eigenvalue weighted by Crippen LogP contribution is 2.36. The monoisotopic (exact) mass is 652 g/mol. The number of nitro groups is 2. The number of aromatic nitrogens is 1. The fourth-order valence-electron chi connectivity index (χ4n) is 5.43. The molecule has 0 bridgehead atoms. The summed E-state index contributed by atoms with van der Waals surface area (Å²) in [5, 5.41) is 22.0. The number of non-ortho nitro benzene ring substituents is 2. The molecule has 10 heteroatoms. The molecular weight excluding hydrogens is 620 g/mol. The third kappa shape index (κ3) is 7.55. The van der Waals surface area contributed by atoms with E-state index < -0.39 is 9.85 Å². The molecule has 0 fully saturated rings. The summed E-state index contributed by atoms with van der Waals surface area (Å²) in [4.78, 5) is 28.5. The Morgan fingerprint density at radius 1 is 0.531 bits per heavy atom. The van der Waals surface area contributed by atoms with Crippen LogP contribution in [0.2, 0.25) is 0 Å². The van der Waals surface area contributed by atoms with Crippen LogP contribution in [0.3, 0.4) is 0 Å². The molecule has 0 saturated carbocycles. The minimum atomic E-state index is -0.448. The van der Waals surface area contributed by atoms with E-state index in [4.69, 9.17) is 14.5 Å². The molecule has 0 amide bonds. The summed E-state index contributed by atoms with van der Waals surface area (Å²) in [7, 11) is 0. The van der Waals surface area contributed by atoms with Gasteiger partial charge in [-0.25, -0.2) is 4.98 Å². The minimum Gasteiger partial charge on any atom is -0.457 e. The number of ether oxygens (including phenoxy) is 2. The minimum absolute atomic E-state index is 0.000450. The number of hydrogen-bond acceptors (Lipinski definition) is 8. The second-order valence-electron chi connectivity index (χ2n) is 11.1. The Morgan fingerprint density at radius 2 is 0.939 bits per heavy atom. The normalized spacial score (nSPS) is 10.7. The van der Waals surface area contributed by atoms with Crippen LogP contribution in [0.4, 0.5) is 17.1 Å². The van der Waals surface area contributed by atoms with Crippen LogP contribution >= 0.6 is 0 Å². The van der Waals surface area contributed by atoms with Gasteiger partial charge in [0.1, 0.15) is 23.0 Å². The zero-order valence-corrected chi connectivity index (χ0v) is 26.9. The summed E-state index contributed by atoms with van der Waals surface area (Å²) in [6.07, 6.45) is 0. The molecule has 10 nitrogen and oxygen atoms in total. The van der Waals surface area contributed by atoms with Gasteiger partial charge in [-0.1, -0.05) is 18.2 Å². The lowest BCUT2D eigenvalue weighted by Crippen LogP contribution is -2.21. The number of pyridine rings is 1. The van der Waals surface area contributed by atoms with Gasteiger partial charge in [-0.15, -0.1) is 0 Å². The van der Waals surface area contributed by atoms with Gasteiger partial charge in [-0.3, -0.25) is 20.2 Å². The summed E-state index contributed by atoms with van der Waals surface area (Å²) < 4.78 is 11.8. The molecule has 0 atom stereocenters. The van der Waals surface area contributed by atoms with E-state index in [-0.39, 0.29) is 11.4 Å². The molecule has 49 heavy (non-hydrogen) atoms. The van der Waals surface area contributed by atoms with Crippen molar-refractivity contribution in [2.45, 2.75) is 13.8 Å². The van der Waals surface area contributed by atoms with E-state index in [2.05, 4.69) is 49.1 Å². The van der Waals surface area contributed by atoms with Crippen LogP contribution in [-0.2, 0) is 0 Å². The molecule has 0 radical (unpaired) electrons. The van der Waals surface area contributed by atoms with Gasteiger partial charge in [0.05, 0.1) is 21.2 Å². The van der Waals surface area contributed by atoms with E-state index in [0.29, 0.717) is 23.0 Å². The van der Waals surface area contributed by atoms with Crippen molar-refractivity contribution < 1.29 is 19.3 Å². The van der Waals surface area contributed by atoms with Gasteiger partial charge >= 0.3 is 0 Å². The van der Waals surface area contributed by atoms with E-state index in [0.717, 1.165) is 52.4 Å². The van der Waals surface area contributed by atoms with Crippen molar-refractivity contribution >= 4 is 17.1 Å². The summed E-state index contributed by atoms with van der Waals surface area (Å²) in [5.74, 6) is 2.17. The number of nitrogens with zero attached hydrogens (tertiary/aromatic N) is 4. The summed E-state index contributed by atoms with van der Waals surface area (Å²) in [6, 6.07) is 39.6. The quantitative estimate of drug-likeness (QED) is 0.0946. The van der Waals surface area contributed by atoms with E-state index in [1.54, 1.807) is 24.3 Å². The molecule has 0 spiro atoms. The lowest BCUT2D eigenvalue weighted by atomic mass is 9.97. The largest absolute Gasteiger partial charge is 0.457 e. The second-order valence-corrected chi connectivity index (χ2v) is 11.1. The second kappa shape index (κ2) is 14.5. The molecule has 0 aliphatic carbocycles. The Labute approximate surface area is 283 Å². The Hall–Kier alpha value is -6.55. The maximum Gasteiger partial charge on any atom is 0.269 e. The number of anilines is 1. The lowest BCUT2D eigenvalue weighted by molar-refractivity contribution is -0.385. The number of nitro benzene ring substituents is 2. The highest BCUT2D eigenvalue weighted by Gasteiger charge is 2.14. The first-order chi connectivity index (χ1) is 23.8. The highest BCUT2D eigenvalue weighted by molar-refractivity contribution is 5.83. The predicted octanol–water partition coefficient (Wildman–Crippen LogP) is 10.3. The van der Waals surface area contributed by atoms with Crippen molar-refractivity contribution in [1.29, 1.82) is 0 Å². The number of rotatable bonds is 12. The molecule has 0 aliphatic rings. The van der Waals surface area contributed by atoms with E-state index in [9.17, 15) is 20.2 Å². The van der Waals surface area contributed by atoms with Crippen LogP contribution in [0.25, 0.3) is 33.6 Å². The third-order valence-corrected chi connectivity index (χ3v) is 8.05. The first-order valence-electron chi connectivity index (χ1n) is 15.7. The van der Waals surface area contributed by atoms with Crippen molar-refractivity contribution in [2.24, 2.45) is 0 Å². The van der Waals surface area contributed by atoms with Gasteiger partial charge < -0.3 is 14.4 Å². The highest BCUT2D eigenvalue weighted by atomic mass is 16.6. The van der Waals surface area contributed by atoms with Gasteiger partial charge in [-0.2, -0.15) is 0 Å². The molecule has 6 aromatic rings. The van der Waals surface area contributed by atoms with Gasteiger partial charge in [0.25, 0.3) is 11.4 Å². The first-order valence-corrected chi connectivity index (χ1v) is 15.7. The topological polar surface area (TPSA) is 121 Å². The van der Waals surface area contributed by atoms with E-state index in [1.807, 2.05) is 54.6 Å². The Bertz CT molecular complexity index is 2060. The first kappa shape index (κ1) is 32.4. The number of benzene rings is 5. The molecule has 6 rings (SSSR count). The van der Waals surface area contributed by atoms with Crippen molar-refractivity contribution in [2.75, 3.05) is 18.0 Å². The fourth-order valence-corrected chi connectivity index (χ4v) is 5.43. The van der Waals surface area contributed by atoms with Crippen LogP contribution in [-0.4, -0.2) is 27.9 Å². The Kier molecular flexibility index (Phi) is 9.57. The van der Waals surface area contributed by atoms with Crippen LogP contribution in [0.15, 0.2) is 133 Å². The molecule has 0 N–H and O–H groups in total. The van der Waals surface area contributed by atoms with Crippen molar-refractivity contribution in [1.82, 2.24) is 4.98 Å². The predicted molar refractivity (Wildman–Crippen MR) is 190 cm³/mol. The lowest BCUT2D eigenvalue weighted by Gasteiger charge is -2.21. The molecule has 0 saturated heterocycles. The van der Waals surface area contributed by atoms with Gasteiger partial charge in [0, 0.05) is 59.7 Å². The molecule has 0 aliphatic heterocycles. The van der Waals surface area contributed by atoms with Crippen LogP contribution < -0.4 is 14.4 Å². The van der Waals surface area contributed by atoms with E-state index in [1.165, 1.54) is 24.3 Å². The molecule has 0 unspecified atom stereocenters. The van der Waals surface area contributed by atoms with Crippen LogP contribution in [0.1, 0.15) is 13.8 Å². The van der Waals surface area contributed by atoms with E-state index >= 15 is 0 Å². The Morgan fingerprint density at radius 3 is 1.37 bits per heavy atom. The Balaban J connectivity index is 1.30. The van der Waals surface area contributed by atoms with Crippen molar-refractivity contribution in [3.05, 3.63) is 154 Å². The molecule has 244 valence electrons. The molecular formula is C39H32N4O6. The van der Waals surface area contributed by atoms with Gasteiger partial charge in [0.15, 0.2) is 0 Å². The van der Waals surface area contributed by atoms with Crippen molar-refractivity contribution in [3.63, 3.8) is 0 Å². The fraction of sp³-hybridized carbons (Fsp3) is 0.103. The SMILES string of the molecule is CCN(CC)c1ccc(-c2ccc(-c3ccc(Oc4ccc([N+](=O)[O-])cc4)cc3)nc2-c2ccc(Oc3ccc([N+](=O)[O-])cc3)cc2)cc1. The molecule has 1 heterocycles. The maximum absolute atomic E-state index is 11.0. The summed E-state index contributed by atoms with van der Waals surface area (Å²) in [5.41, 5.74) is 6.49. The van der Waals surface area contributed by atoms with Crippen LogP contribution in [0, 0.1) is 20.2 Å². The standard InChI is InChI=1S/C39H32N4O6/c1-3-41(4-2)30-11-5-27(6-12-30)37-25-26-38(28-7-17-33(18-8-28)48-35-21-13-31(14-22-35)42(44)45)40-39(37)29-9-19-34(20-10-29)49-36-23-15-32(16-24-36)43(46)47/h5-26H,3-4H2,1-2H3. The average molecular weight is 653 g/mol. The smallest absolute Gasteiger partial charge is 0.269 e. The van der Waals surface area contributed by atoms with Crippen molar-refractivity contribution in [3.8, 4) is 56.6 Å². The average Bonchev–Trinajstić information content (AvgIpc) is 3.13. The van der Waals surface area contributed by atoms with Gasteiger partial charge in [-0.05, 0) is 110 Å². The molecule has 1 aromatic heterocycles.